The van der Waals surface area contributed by atoms with Gasteiger partial charge in [0.1, 0.15) is 11.2 Å². The highest BCUT2D eigenvalue weighted by Crippen LogP contribution is 2.44. The molecule has 12 rings (SSSR count). The number of nitrogens with one attached hydrogen (secondary N) is 1. The van der Waals surface area contributed by atoms with E-state index in [9.17, 15) is 0 Å². The number of furan rings is 1. The number of benzene rings is 9. The average Bonchev–Trinajstić information content (AvgIpc) is 3.80. The standard InChI is InChI=1S/C52H33N3O/c1-3-14-32(15-4-1)36-26-27-46-44(29-36)49-38-21-10-9-20-37(38)42(33-16-5-2-6-17-33)31-47(49)55(46)52-53-45-25-12-11-22-40(45)50(54-52)41-24-13-23-39-43-28-34-18-7-8-19-35(34)30-48(43)56-51(39)41/h1-31,50H,(H,53,54). The fourth-order valence-corrected chi connectivity index (χ4v) is 9.05. The lowest BCUT2D eigenvalue weighted by atomic mass is 9.94. The lowest BCUT2D eigenvalue weighted by molar-refractivity contribution is 0.647. The molecule has 0 bridgehead atoms. The Bertz CT molecular complexity index is 3390. The van der Waals surface area contributed by atoms with Crippen molar-refractivity contribution in [2.75, 3.05) is 0 Å². The molecule has 11 aromatic rings. The first kappa shape index (κ1) is 31.0. The fraction of sp³-hybridized carbons (Fsp3) is 0.0192. The van der Waals surface area contributed by atoms with Gasteiger partial charge in [-0.1, -0.05) is 152 Å². The Morgan fingerprint density at radius 3 is 1.98 bits per heavy atom. The number of aromatic nitrogens is 1. The Hall–Kier alpha value is -7.43. The largest absolute Gasteiger partial charge is 0.456 e. The first-order valence-corrected chi connectivity index (χ1v) is 19.2. The molecule has 0 spiro atoms. The maximum atomic E-state index is 6.81. The van der Waals surface area contributed by atoms with Crippen molar-refractivity contribution in [3.63, 3.8) is 0 Å². The second-order valence-corrected chi connectivity index (χ2v) is 14.8. The Labute approximate surface area is 322 Å². The molecule has 9 aromatic carbocycles. The predicted molar refractivity (Wildman–Crippen MR) is 233 cm³/mol. The van der Waals surface area contributed by atoms with Gasteiger partial charge in [-0.15, -0.1) is 0 Å². The molecule has 0 aliphatic carbocycles. The molecule has 0 amide bonds. The molecule has 1 unspecified atom stereocenters. The molecular formula is C52H33N3O. The van der Waals surface area contributed by atoms with Crippen LogP contribution < -0.4 is 5.32 Å². The number of nitrogens with zero attached hydrogens (tertiary/aromatic N) is 2. The SMILES string of the molecule is c1ccc(-c2ccc3c(c2)c2c4ccccc4c(-c4ccccc4)cc2n3C2=Nc3ccccc3C(c3cccc4c3oc3cc5ccccc5cc34)N2)cc1. The molecule has 0 radical (unpaired) electrons. The number of aliphatic imine (C=N–C) groups is 1. The first-order valence-electron chi connectivity index (χ1n) is 19.2. The highest BCUT2D eigenvalue weighted by molar-refractivity contribution is 6.26. The van der Waals surface area contributed by atoms with Gasteiger partial charge in [0.25, 0.3) is 0 Å². The maximum Gasteiger partial charge on any atom is 0.209 e. The van der Waals surface area contributed by atoms with Crippen LogP contribution in [0.4, 0.5) is 5.69 Å². The van der Waals surface area contributed by atoms with Crippen LogP contribution in [0, 0.1) is 0 Å². The predicted octanol–water partition coefficient (Wildman–Crippen LogP) is 13.6. The molecule has 3 heterocycles. The molecular weight excluding hydrogens is 683 g/mol. The van der Waals surface area contributed by atoms with Gasteiger partial charge in [-0.05, 0) is 80.2 Å². The topological polar surface area (TPSA) is 42.5 Å². The second-order valence-electron chi connectivity index (χ2n) is 14.8. The highest BCUT2D eigenvalue weighted by Gasteiger charge is 2.29. The van der Waals surface area contributed by atoms with Gasteiger partial charge in [0, 0.05) is 32.7 Å². The zero-order valence-electron chi connectivity index (χ0n) is 30.3. The average molecular weight is 716 g/mol. The zero-order chi connectivity index (χ0) is 36.7. The van der Waals surface area contributed by atoms with Gasteiger partial charge in [-0.25, -0.2) is 4.99 Å². The van der Waals surface area contributed by atoms with Gasteiger partial charge in [0.2, 0.25) is 5.96 Å². The molecule has 262 valence electrons. The summed E-state index contributed by atoms with van der Waals surface area (Å²) in [6.45, 7) is 0. The van der Waals surface area contributed by atoms with E-state index in [1.54, 1.807) is 0 Å². The summed E-state index contributed by atoms with van der Waals surface area (Å²) in [7, 11) is 0. The fourth-order valence-electron chi connectivity index (χ4n) is 9.05. The summed E-state index contributed by atoms with van der Waals surface area (Å²) in [6.07, 6.45) is 0. The Morgan fingerprint density at radius 1 is 0.464 bits per heavy atom. The van der Waals surface area contributed by atoms with Crippen LogP contribution in [0.25, 0.3) is 87.5 Å². The molecule has 1 N–H and O–H groups in total. The van der Waals surface area contributed by atoms with Crippen molar-refractivity contribution in [3.05, 3.63) is 199 Å². The Kier molecular flexibility index (Phi) is 6.66. The van der Waals surface area contributed by atoms with Crippen LogP contribution in [-0.4, -0.2) is 10.5 Å². The van der Waals surface area contributed by atoms with Gasteiger partial charge in [-0.2, -0.15) is 0 Å². The molecule has 1 aliphatic heterocycles. The van der Waals surface area contributed by atoms with Crippen LogP contribution in [0.2, 0.25) is 0 Å². The van der Waals surface area contributed by atoms with E-state index in [-0.39, 0.29) is 6.04 Å². The van der Waals surface area contributed by atoms with E-state index in [1.807, 2.05) is 0 Å². The number of hydrogen-bond donors (Lipinski definition) is 1. The van der Waals surface area contributed by atoms with Crippen molar-refractivity contribution in [1.82, 2.24) is 9.88 Å². The third-order valence-electron chi connectivity index (χ3n) is 11.6. The minimum atomic E-state index is -0.220. The Balaban J connectivity index is 1.13. The summed E-state index contributed by atoms with van der Waals surface area (Å²) in [5.41, 5.74) is 11.8. The van der Waals surface area contributed by atoms with Crippen LogP contribution in [0.15, 0.2) is 197 Å². The van der Waals surface area contributed by atoms with E-state index in [0.717, 1.165) is 55.7 Å². The number of para-hydroxylation sites is 2. The van der Waals surface area contributed by atoms with E-state index >= 15 is 0 Å². The van der Waals surface area contributed by atoms with E-state index in [1.165, 1.54) is 54.6 Å². The highest BCUT2D eigenvalue weighted by atomic mass is 16.3. The van der Waals surface area contributed by atoms with Crippen LogP contribution >= 0.6 is 0 Å². The lowest BCUT2D eigenvalue weighted by Crippen LogP contribution is -2.36. The summed E-state index contributed by atoms with van der Waals surface area (Å²) in [4.78, 5) is 5.42. The van der Waals surface area contributed by atoms with Crippen LogP contribution in [0.3, 0.4) is 0 Å². The van der Waals surface area contributed by atoms with Crippen LogP contribution in [0.1, 0.15) is 17.2 Å². The minimum absolute atomic E-state index is 0.220. The molecule has 1 atom stereocenters. The van der Waals surface area contributed by atoms with E-state index < -0.39 is 0 Å². The second kappa shape index (κ2) is 12.0. The van der Waals surface area contributed by atoms with Crippen LogP contribution in [0.5, 0.6) is 0 Å². The molecule has 0 saturated carbocycles. The monoisotopic (exact) mass is 715 g/mol. The molecule has 0 saturated heterocycles. The summed E-state index contributed by atoms with van der Waals surface area (Å²) < 4.78 is 9.15. The van der Waals surface area contributed by atoms with Crippen LogP contribution in [-0.2, 0) is 0 Å². The zero-order valence-corrected chi connectivity index (χ0v) is 30.3. The van der Waals surface area contributed by atoms with Gasteiger partial charge in [0.05, 0.1) is 22.8 Å². The number of fused-ring (bicyclic) bond motifs is 10. The molecule has 2 aromatic heterocycles. The summed E-state index contributed by atoms with van der Waals surface area (Å²) in [5, 5.41) is 13.4. The van der Waals surface area contributed by atoms with Gasteiger partial charge >= 0.3 is 0 Å². The van der Waals surface area contributed by atoms with Crippen molar-refractivity contribution in [2.24, 2.45) is 4.99 Å². The van der Waals surface area contributed by atoms with Gasteiger partial charge < -0.3 is 9.73 Å². The molecule has 4 nitrogen and oxygen atoms in total. The maximum absolute atomic E-state index is 6.81. The van der Waals surface area contributed by atoms with Crippen molar-refractivity contribution >= 4 is 76.9 Å². The summed E-state index contributed by atoms with van der Waals surface area (Å²) in [6, 6.07) is 67.1. The molecule has 1 aliphatic rings. The third-order valence-corrected chi connectivity index (χ3v) is 11.6. The Morgan fingerprint density at radius 2 is 1.14 bits per heavy atom. The van der Waals surface area contributed by atoms with Crippen molar-refractivity contribution in [2.45, 2.75) is 6.04 Å². The minimum Gasteiger partial charge on any atom is -0.456 e. The van der Waals surface area contributed by atoms with Crippen molar-refractivity contribution in [1.29, 1.82) is 0 Å². The third kappa shape index (κ3) is 4.63. The van der Waals surface area contributed by atoms with Crippen molar-refractivity contribution in [3.8, 4) is 22.3 Å². The smallest absolute Gasteiger partial charge is 0.209 e. The van der Waals surface area contributed by atoms with Gasteiger partial charge in [-0.3, -0.25) is 4.57 Å². The quantitative estimate of drug-likeness (QED) is 0.198. The summed E-state index contributed by atoms with van der Waals surface area (Å²) >= 11 is 0. The molecule has 4 heteroatoms. The van der Waals surface area contributed by atoms with Gasteiger partial charge in [0.15, 0.2) is 0 Å². The lowest BCUT2D eigenvalue weighted by Gasteiger charge is -2.28. The molecule has 0 fully saturated rings. The number of hydrogen-bond acceptors (Lipinski definition) is 3. The molecule has 56 heavy (non-hydrogen) atoms. The number of rotatable bonds is 3. The van der Waals surface area contributed by atoms with E-state index in [4.69, 9.17) is 9.41 Å². The van der Waals surface area contributed by atoms with E-state index in [0.29, 0.717) is 0 Å². The van der Waals surface area contributed by atoms with Crippen molar-refractivity contribution < 1.29 is 4.42 Å². The summed E-state index contributed by atoms with van der Waals surface area (Å²) in [5.74, 6) is 0.773. The van der Waals surface area contributed by atoms with E-state index in [2.05, 4.69) is 198 Å². The normalized spacial score (nSPS) is 14.1. The first-order chi connectivity index (χ1) is 27.8.